The summed E-state index contributed by atoms with van der Waals surface area (Å²) in [6, 6.07) is 19.5. The van der Waals surface area contributed by atoms with Crippen molar-refractivity contribution in [2.24, 2.45) is 0 Å². The van der Waals surface area contributed by atoms with Crippen molar-refractivity contribution in [2.45, 2.75) is 0 Å². The van der Waals surface area contributed by atoms with Crippen LogP contribution >= 0.6 is 0 Å². The summed E-state index contributed by atoms with van der Waals surface area (Å²) >= 11 is 0. The van der Waals surface area contributed by atoms with Gasteiger partial charge < -0.3 is 15.1 Å². The third-order valence-electron chi connectivity index (χ3n) is 4.16. The summed E-state index contributed by atoms with van der Waals surface area (Å²) in [5.41, 5.74) is 4.23. The van der Waals surface area contributed by atoms with Gasteiger partial charge in [-0.2, -0.15) is 0 Å². The second kappa shape index (κ2) is 7.70. The van der Waals surface area contributed by atoms with E-state index in [1.165, 1.54) is 0 Å². The summed E-state index contributed by atoms with van der Waals surface area (Å²) in [6.07, 6.45) is 3.32. The number of anilines is 4. The Kier molecular flexibility index (Phi) is 5.17. The van der Waals surface area contributed by atoms with Crippen molar-refractivity contribution >= 4 is 28.7 Å². The Hall–Kier alpha value is -3.34. The zero-order valence-corrected chi connectivity index (χ0v) is 15.2. The van der Waals surface area contributed by atoms with E-state index < -0.39 is 0 Å². The fourth-order valence-electron chi connectivity index (χ4n) is 2.58. The highest BCUT2D eigenvalue weighted by atomic mass is 16.1. The molecule has 0 aliphatic carbocycles. The largest absolute Gasteiger partial charge is 0.378 e. The summed E-state index contributed by atoms with van der Waals surface area (Å²) in [5, 5.41) is 2.91. The highest BCUT2D eigenvalue weighted by Gasteiger charge is 2.10. The molecule has 5 heteroatoms. The first-order valence-corrected chi connectivity index (χ1v) is 8.37. The van der Waals surface area contributed by atoms with Crippen LogP contribution in [0.5, 0.6) is 0 Å². The predicted molar refractivity (Wildman–Crippen MR) is 107 cm³/mol. The lowest BCUT2D eigenvalue weighted by Crippen LogP contribution is -2.15. The third kappa shape index (κ3) is 4.00. The summed E-state index contributed by atoms with van der Waals surface area (Å²) in [4.78, 5) is 20.8. The average molecular weight is 346 g/mol. The summed E-state index contributed by atoms with van der Waals surface area (Å²) in [5.74, 6) is -0.182. The number of amides is 1. The highest BCUT2D eigenvalue weighted by Crippen LogP contribution is 2.23. The molecule has 2 aromatic carbocycles. The Morgan fingerprint density at radius 3 is 2.19 bits per heavy atom. The monoisotopic (exact) mass is 346 g/mol. The molecule has 0 radical (unpaired) electrons. The van der Waals surface area contributed by atoms with Crippen molar-refractivity contribution in [1.29, 1.82) is 0 Å². The SMILES string of the molecule is CN(C)c1ccc(NC(=O)c2cncc(N(C)c3ccccc3)c2)cc1. The van der Waals surface area contributed by atoms with E-state index in [9.17, 15) is 4.79 Å². The third-order valence-corrected chi connectivity index (χ3v) is 4.16. The predicted octanol–water partition coefficient (Wildman–Crippen LogP) is 4.17. The lowest BCUT2D eigenvalue weighted by atomic mass is 10.2. The van der Waals surface area contributed by atoms with Gasteiger partial charge in [-0.25, -0.2) is 0 Å². The van der Waals surface area contributed by atoms with E-state index in [-0.39, 0.29) is 5.91 Å². The van der Waals surface area contributed by atoms with Gasteiger partial charge >= 0.3 is 0 Å². The Balaban J connectivity index is 1.76. The van der Waals surface area contributed by atoms with Gasteiger partial charge in [0.25, 0.3) is 5.91 Å². The van der Waals surface area contributed by atoms with E-state index >= 15 is 0 Å². The maximum absolute atomic E-state index is 12.6. The molecule has 0 aliphatic heterocycles. The van der Waals surface area contributed by atoms with Crippen molar-refractivity contribution in [3.63, 3.8) is 0 Å². The van der Waals surface area contributed by atoms with Gasteiger partial charge in [-0.1, -0.05) is 18.2 Å². The van der Waals surface area contributed by atoms with Gasteiger partial charge in [-0.15, -0.1) is 0 Å². The number of hydrogen-bond acceptors (Lipinski definition) is 4. The minimum Gasteiger partial charge on any atom is -0.378 e. The van der Waals surface area contributed by atoms with Crippen LogP contribution in [0.3, 0.4) is 0 Å². The molecule has 0 bridgehead atoms. The van der Waals surface area contributed by atoms with Crippen molar-refractivity contribution in [3.05, 3.63) is 78.6 Å². The van der Waals surface area contributed by atoms with Crippen LogP contribution in [0.1, 0.15) is 10.4 Å². The molecule has 1 heterocycles. The Morgan fingerprint density at radius 1 is 0.846 bits per heavy atom. The summed E-state index contributed by atoms with van der Waals surface area (Å²) in [7, 11) is 5.91. The fourth-order valence-corrected chi connectivity index (χ4v) is 2.58. The number of pyridine rings is 1. The first-order valence-electron chi connectivity index (χ1n) is 8.37. The lowest BCUT2D eigenvalue weighted by molar-refractivity contribution is 0.102. The summed E-state index contributed by atoms with van der Waals surface area (Å²) < 4.78 is 0. The van der Waals surface area contributed by atoms with Gasteiger partial charge in [0.1, 0.15) is 0 Å². The quantitative estimate of drug-likeness (QED) is 0.753. The first kappa shape index (κ1) is 17.5. The zero-order valence-electron chi connectivity index (χ0n) is 15.2. The number of benzene rings is 2. The maximum Gasteiger partial charge on any atom is 0.257 e. The maximum atomic E-state index is 12.6. The smallest absolute Gasteiger partial charge is 0.257 e. The molecule has 0 spiro atoms. The van der Waals surface area contributed by atoms with Crippen LogP contribution in [-0.2, 0) is 0 Å². The normalized spacial score (nSPS) is 10.3. The van der Waals surface area contributed by atoms with E-state index in [1.54, 1.807) is 12.4 Å². The number of nitrogens with one attached hydrogen (secondary N) is 1. The van der Waals surface area contributed by atoms with Crippen LogP contribution in [0, 0.1) is 0 Å². The number of carbonyl (C=O) groups excluding carboxylic acids is 1. The second-order valence-corrected chi connectivity index (χ2v) is 6.22. The molecule has 0 saturated carbocycles. The van der Waals surface area contributed by atoms with Crippen molar-refractivity contribution in [3.8, 4) is 0 Å². The number of aromatic nitrogens is 1. The topological polar surface area (TPSA) is 48.5 Å². The molecule has 5 nitrogen and oxygen atoms in total. The van der Waals surface area contributed by atoms with Gasteiger partial charge in [-0.05, 0) is 42.5 Å². The standard InChI is InChI=1S/C21H22N4O/c1-24(2)18-11-9-17(10-12-18)23-21(26)16-13-20(15-22-14-16)25(3)19-7-5-4-6-8-19/h4-15H,1-3H3,(H,23,26). The fraction of sp³-hybridized carbons (Fsp3) is 0.143. The number of rotatable bonds is 5. The Bertz CT molecular complexity index is 876. The van der Waals surface area contributed by atoms with Crippen LogP contribution in [0.25, 0.3) is 0 Å². The molecular weight excluding hydrogens is 324 g/mol. The second-order valence-electron chi connectivity index (χ2n) is 6.22. The van der Waals surface area contributed by atoms with Gasteiger partial charge in [-0.3, -0.25) is 9.78 Å². The molecule has 0 unspecified atom stereocenters. The Morgan fingerprint density at radius 2 is 1.54 bits per heavy atom. The van der Waals surface area contributed by atoms with Crippen LogP contribution < -0.4 is 15.1 Å². The summed E-state index contributed by atoms with van der Waals surface area (Å²) in [6.45, 7) is 0. The molecule has 26 heavy (non-hydrogen) atoms. The van der Waals surface area contributed by atoms with E-state index in [0.717, 1.165) is 22.7 Å². The molecule has 3 aromatic rings. The van der Waals surface area contributed by atoms with Gasteiger partial charge in [0, 0.05) is 44.4 Å². The molecule has 1 aromatic heterocycles. The molecule has 3 rings (SSSR count). The Labute approximate surface area is 153 Å². The van der Waals surface area contributed by atoms with Gasteiger partial charge in [0.2, 0.25) is 0 Å². The van der Waals surface area contributed by atoms with E-state index in [2.05, 4.69) is 10.3 Å². The molecule has 0 fully saturated rings. The number of nitrogens with zero attached hydrogens (tertiary/aromatic N) is 3. The van der Waals surface area contributed by atoms with E-state index in [0.29, 0.717) is 5.56 Å². The molecule has 0 saturated heterocycles. The van der Waals surface area contributed by atoms with Gasteiger partial charge in [0.05, 0.1) is 17.4 Å². The minimum absolute atomic E-state index is 0.182. The van der Waals surface area contributed by atoms with Gasteiger partial charge in [0.15, 0.2) is 0 Å². The van der Waals surface area contributed by atoms with Crippen LogP contribution in [0.15, 0.2) is 73.1 Å². The highest BCUT2D eigenvalue weighted by molar-refractivity contribution is 6.04. The first-order chi connectivity index (χ1) is 12.5. The van der Waals surface area contributed by atoms with Crippen molar-refractivity contribution < 1.29 is 4.79 Å². The molecule has 132 valence electrons. The van der Waals surface area contributed by atoms with Crippen molar-refractivity contribution in [1.82, 2.24) is 4.98 Å². The molecule has 0 atom stereocenters. The van der Waals surface area contributed by atoms with E-state index in [4.69, 9.17) is 0 Å². The molecule has 1 amide bonds. The molecule has 0 aliphatic rings. The van der Waals surface area contributed by atoms with Crippen molar-refractivity contribution in [2.75, 3.05) is 36.3 Å². The number of para-hydroxylation sites is 1. The van der Waals surface area contributed by atoms with Crippen LogP contribution in [0.2, 0.25) is 0 Å². The lowest BCUT2D eigenvalue weighted by Gasteiger charge is -2.19. The number of carbonyl (C=O) groups is 1. The average Bonchev–Trinajstić information content (AvgIpc) is 2.68. The number of hydrogen-bond donors (Lipinski definition) is 1. The molecular formula is C21H22N4O. The minimum atomic E-state index is -0.182. The molecule has 1 N–H and O–H groups in total. The van der Waals surface area contributed by atoms with Crippen LogP contribution in [0.4, 0.5) is 22.7 Å². The zero-order chi connectivity index (χ0) is 18.5. The van der Waals surface area contributed by atoms with Crippen LogP contribution in [-0.4, -0.2) is 32.0 Å². The van der Waals surface area contributed by atoms with E-state index in [1.807, 2.05) is 91.6 Å².